The summed E-state index contributed by atoms with van der Waals surface area (Å²) in [5.41, 5.74) is 1.24. The first-order valence-electron chi connectivity index (χ1n) is 9.63. The van der Waals surface area contributed by atoms with Gasteiger partial charge in [-0.3, -0.25) is 9.59 Å². The van der Waals surface area contributed by atoms with Gasteiger partial charge in [0.25, 0.3) is 0 Å². The lowest BCUT2D eigenvalue weighted by molar-refractivity contribution is -0.138. The van der Waals surface area contributed by atoms with Gasteiger partial charge < -0.3 is 20.2 Å². The lowest BCUT2D eigenvalue weighted by Gasteiger charge is -2.34. The number of urea groups is 1. The number of carboxylic acid groups (broad SMARTS) is 1. The molecule has 3 amide bonds. The van der Waals surface area contributed by atoms with E-state index in [4.69, 9.17) is 5.11 Å². The Kier molecular flexibility index (Phi) is 5.98. The van der Waals surface area contributed by atoms with E-state index in [1.807, 2.05) is 4.90 Å². The Hall–Kier alpha value is -2.57. The van der Waals surface area contributed by atoms with Crippen molar-refractivity contribution in [2.75, 3.05) is 31.5 Å². The Labute approximate surface area is 159 Å². The number of anilines is 1. The van der Waals surface area contributed by atoms with Gasteiger partial charge >= 0.3 is 12.0 Å². The molecule has 0 spiro atoms. The maximum atomic E-state index is 12.7. The minimum Gasteiger partial charge on any atom is -0.481 e. The van der Waals surface area contributed by atoms with E-state index < -0.39 is 11.9 Å². The molecule has 0 radical (unpaired) electrons. The van der Waals surface area contributed by atoms with Crippen LogP contribution in [0.1, 0.15) is 44.1 Å². The fraction of sp³-hybridized carbons (Fsp3) is 0.550. The number of amides is 3. The zero-order valence-electron chi connectivity index (χ0n) is 15.7. The van der Waals surface area contributed by atoms with Crippen molar-refractivity contribution in [2.45, 2.75) is 38.5 Å². The van der Waals surface area contributed by atoms with Gasteiger partial charge in [-0.1, -0.05) is 12.1 Å². The zero-order valence-corrected chi connectivity index (χ0v) is 15.7. The monoisotopic (exact) mass is 373 g/mol. The molecule has 2 N–H and O–H groups in total. The van der Waals surface area contributed by atoms with Gasteiger partial charge in [0.15, 0.2) is 0 Å². The zero-order chi connectivity index (χ0) is 19.4. The smallest absolute Gasteiger partial charge is 0.320 e. The molecule has 2 aliphatic rings. The summed E-state index contributed by atoms with van der Waals surface area (Å²) in [6.45, 7) is 4.37. The third-order valence-electron chi connectivity index (χ3n) is 5.46. The quantitative estimate of drug-likeness (QED) is 0.849. The highest BCUT2D eigenvalue weighted by molar-refractivity contribution is 5.93. The van der Waals surface area contributed by atoms with Crippen LogP contribution in [0.2, 0.25) is 0 Å². The lowest BCUT2D eigenvalue weighted by atomic mass is 9.96. The van der Waals surface area contributed by atoms with Crippen molar-refractivity contribution >= 4 is 23.6 Å². The Balaban J connectivity index is 1.61. The van der Waals surface area contributed by atoms with Gasteiger partial charge in [0, 0.05) is 31.9 Å². The van der Waals surface area contributed by atoms with Gasteiger partial charge in [0.05, 0.1) is 11.8 Å². The molecule has 0 aliphatic carbocycles. The van der Waals surface area contributed by atoms with Gasteiger partial charge in [-0.2, -0.15) is 0 Å². The van der Waals surface area contributed by atoms with Gasteiger partial charge in [0.1, 0.15) is 0 Å². The second kappa shape index (κ2) is 8.41. The van der Waals surface area contributed by atoms with E-state index in [1.165, 1.54) is 0 Å². The van der Waals surface area contributed by atoms with Crippen LogP contribution in [0.3, 0.4) is 0 Å². The van der Waals surface area contributed by atoms with Gasteiger partial charge in [-0.25, -0.2) is 4.79 Å². The minimum atomic E-state index is -0.901. The molecule has 146 valence electrons. The van der Waals surface area contributed by atoms with Crippen molar-refractivity contribution in [2.24, 2.45) is 5.92 Å². The molecule has 0 bridgehead atoms. The number of piperidine rings is 1. The van der Waals surface area contributed by atoms with Crippen LogP contribution in [0.15, 0.2) is 24.3 Å². The van der Waals surface area contributed by atoms with Crippen LogP contribution in [0.5, 0.6) is 0 Å². The molecule has 7 heteroatoms. The molecular weight excluding hydrogens is 346 g/mol. The average Bonchev–Trinajstić information content (AvgIpc) is 3.21. The molecule has 2 saturated heterocycles. The molecule has 2 fully saturated rings. The Bertz CT molecular complexity index is 715. The molecule has 0 saturated carbocycles. The number of rotatable bonds is 4. The van der Waals surface area contributed by atoms with E-state index >= 15 is 0 Å². The van der Waals surface area contributed by atoms with Gasteiger partial charge in [-0.05, 0) is 50.3 Å². The molecule has 2 heterocycles. The van der Waals surface area contributed by atoms with Crippen LogP contribution in [-0.4, -0.2) is 59.0 Å². The lowest BCUT2D eigenvalue weighted by Crippen LogP contribution is -2.48. The summed E-state index contributed by atoms with van der Waals surface area (Å²) in [5.74, 6) is -1.90. The van der Waals surface area contributed by atoms with Crippen LogP contribution in [0.4, 0.5) is 10.5 Å². The summed E-state index contributed by atoms with van der Waals surface area (Å²) >= 11 is 0. The molecule has 1 aromatic rings. The van der Waals surface area contributed by atoms with E-state index in [0.717, 1.165) is 38.8 Å². The number of benzene rings is 1. The van der Waals surface area contributed by atoms with Gasteiger partial charge in [-0.15, -0.1) is 0 Å². The van der Waals surface area contributed by atoms with E-state index in [-0.39, 0.29) is 17.9 Å². The summed E-state index contributed by atoms with van der Waals surface area (Å²) in [6.07, 6.45) is 3.66. The summed E-state index contributed by atoms with van der Waals surface area (Å²) in [7, 11) is 0. The summed E-state index contributed by atoms with van der Waals surface area (Å²) < 4.78 is 0. The van der Waals surface area contributed by atoms with Crippen LogP contribution in [0.25, 0.3) is 0 Å². The number of likely N-dealkylation sites (tertiary alicyclic amines) is 2. The van der Waals surface area contributed by atoms with Crippen LogP contribution < -0.4 is 5.32 Å². The molecular formula is C20H27N3O4. The van der Waals surface area contributed by atoms with Gasteiger partial charge in [0.2, 0.25) is 5.91 Å². The maximum absolute atomic E-state index is 12.7. The SMILES string of the molecule is CC(C(=O)O)c1cccc(NC(=O)C2CCCN(C(=O)N3CCCC3)C2)c1. The highest BCUT2D eigenvalue weighted by atomic mass is 16.4. The van der Waals surface area contributed by atoms with Crippen LogP contribution in [0, 0.1) is 5.92 Å². The third kappa shape index (κ3) is 4.59. The van der Waals surface area contributed by atoms with E-state index in [1.54, 1.807) is 36.1 Å². The predicted octanol–water partition coefficient (Wildman–Crippen LogP) is 2.74. The molecule has 2 atom stereocenters. The molecule has 2 unspecified atom stereocenters. The molecule has 2 aliphatic heterocycles. The van der Waals surface area contributed by atoms with E-state index in [9.17, 15) is 14.4 Å². The Morgan fingerprint density at radius 3 is 2.52 bits per heavy atom. The number of nitrogens with zero attached hydrogens (tertiary/aromatic N) is 2. The standard InChI is InChI=1S/C20H27N3O4/c1-14(19(25)26)15-6-4-8-17(12-15)21-18(24)16-7-5-11-23(13-16)20(27)22-9-2-3-10-22/h4,6,8,12,14,16H,2-3,5,7,9-11,13H2,1H3,(H,21,24)(H,25,26). The third-order valence-corrected chi connectivity index (χ3v) is 5.46. The highest BCUT2D eigenvalue weighted by Crippen LogP contribution is 2.23. The molecule has 7 nitrogen and oxygen atoms in total. The second-order valence-corrected chi connectivity index (χ2v) is 7.44. The van der Waals surface area contributed by atoms with Crippen molar-refractivity contribution in [3.05, 3.63) is 29.8 Å². The van der Waals surface area contributed by atoms with Crippen molar-refractivity contribution in [3.8, 4) is 0 Å². The Morgan fingerprint density at radius 1 is 1.11 bits per heavy atom. The first-order valence-corrected chi connectivity index (χ1v) is 9.63. The number of carbonyl (C=O) groups is 3. The molecule has 3 rings (SSSR count). The molecule has 1 aromatic carbocycles. The number of aliphatic carboxylic acids is 1. The first-order chi connectivity index (χ1) is 13.0. The largest absolute Gasteiger partial charge is 0.481 e. The van der Waals surface area contributed by atoms with Crippen molar-refractivity contribution in [1.29, 1.82) is 0 Å². The minimum absolute atomic E-state index is 0.0438. The number of hydrogen-bond acceptors (Lipinski definition) is 3. The molecule has 27 heavy (non-hydrogen) atoms. The van der Waals surface area contributed by atoms with Crippen LogP contribution in [-0.2, 0) is 9.59 Å². The number of carboxylic acids is 1. The number of hydrogen-bond donors (Lipinski definition) is 2. The van der Waals surface area contributed by atoms with Crippen molar-refractivity contribution < 1.29 is 19.5 Å². The highest BCUT2D eigenvalue weighted by Gasteiger charge is 2.31. The Morgan fingerprint density at radius 2 is 1.81 bits per heavy atom. The average molecular weight is 373 g/mol. The fourth-order valence-electron chi connectivity index (χ4n) is 3.75. The first kappa shape index (κ1) is 19.2. The number of nitrogens with one attached hydrogen (secondary N) is 1. The second-order valence-electron chi connectivity index (χ2n) is 7.44. The summed E-state index contributed by atoms with van der Waals surface area (Å²) in [4.78, 5) is 40.1. The topological polar surface area (TPSA) is 90.0 Å². The summed E-state index contributed by atoms with van der Waals surface area (Å²) in [5, 5.41) is 12.0. The van der Waals surface area contributed by atoms with Crippen molar-refractivity contribution in [3.63, 3.8) is 0 Å². The fourth-order valence-corrected chi connectivity index (χ4v) is 3.75. The van der Waals surface area contributed by atoms with Crippen LogP contribution >= 0.6 is 0 Å². The predicted molar refractivity (Wildman–Crippen MR) is 102 cm³/mol. The van der Waals surface area contributed by atoms with E-state index in [2.05, 4.69) is 5.32 Å². The number of carbonyl (C=O) groups excluding carboxylic acids is 2. The summed E-state index contributed by atoms with van der Waals surface area (Å²) in [6, 6.07) is 6.99. The molecule has 0 aromatic heterocycles. The normalized spacial score (nSPS) is 21.0. The van der Waals surface area contributed by atoms with E-state index in [0.29, 0.717) is 24.3 Å². The maximum Gasteiger partial charge on any atom is 0.320 e. The van der Waals surface area contributed by atoms with Crippen molar-refractivity contribution in [1.82, 2.24) is 9.80 Å².